The fourth-order valence-corrected chi connectivity index (χ4v) is 0.535. The molecule has 0 aliphatic heterocycles. The quantitative estimate of drug-likeness (QED) is 0.632. The van der Waals surface area contributed by atoms with Gasteiger partial charge in [0.15, 0.2) is 0 Å². The lowest BCUT2D eigenvalue weighted by Crippen LogP contribution is -2.21. The summed E-state index contributed by atoms with van der Waals surface area (Å²) in [6.45, 7) is 1.82. The van der Waals surface area contributed by atoms with Gasteiger partial charge < -0.3 is 10.5 Å². The fourth-order valence-electron chi connectivity index (χ4n) is 0.535. The molecule has 2 N–H and O–H groups in total. The molecule has 0 bridgehead atoms. The topological polar surface area (TPSA) is 76.1 Å². The van der Waals surface area contributed by atoms with Crippen molar-refractivity contribution in [1.82, 2.24) is 0 Å². The maximum Gasteiger partial charge on any atom is 0.404 e. The first-order valence-electron chi connectivity index (χ1n) is 3.03. The number of carbonyl (C=O) groups is 1. The van der Waals surface area contributed by atoms with E-state index < -0.39 is 6.09 Å². The summed E-state index contributed by atoms with van der Waals surface area (Å²) in [6, 6.07) is 1.89. The normalized spacial score (nSPS) is 11.6. The van der Waals surface area contributed by atoms with Crippen LogP contribution in [0.3, 0.4) is 0 Å². The molecule has 10 heavy (non-hydrogen) atoms. The lowest BCUT2D eigenvalue weighted by Gasteiger charge is -2.09. The molecule has 1 atom stereocenters. The van der Waals surface area contributed by atoms with Crippen molar-refractivity contribution in [1.29, 1.82) is 5.26 Å². The van der Waals surface area contributed by atoms with Crippen LogP contribution in [0.4, 0.5) is 4.79 Å². The Balaban J connectivity index is 3.62. The SMILES string of the molecule is CCC(CC#N)OC(N)=O. The zero-order chi connectivity index (χ0) is 7.98. The molecule has 0 aliphatic carbocycles. The first kappa shape index (κ1) is 8.76. The number of carbonyl (C=O) groups excluding carboxylic acids is 1. The van der Waals surface area contributed by atoms with Crippen LogP contribution >= 0.6 is 0 Å². The minimum Gasteiger partial charge on any atom is -0.445 e. The number of nitriles is 1. The van der Waals surface area contributed by atoms with E-state index in [1.807, 2.05) is 13.0 Å². The third kappa shape index (κ3) is 3.72. The number of nitrogens with two attached hydrogens (primary N) is 1. The molecule has 0 aromatic heterocycles. The summed E-state index contributed by atoms with van der Waals surface area (Å²) < 4.78 is 4.56. The summed E-state index contributed by atoms with van der Waals surface area (Å²) in [4.78, 5) is 10.1. The van der Waals surface area contributed by atoms with E-state index in [0.717, 1.165) is 0 Å². The van der Waals surface area contributed by atoms with Gasteiger partial charge in [-0.15, -0.1) is 0 Å². The van der Waals surface area contributed by atoms with Gasteiger partial charge in [-0.25, -0.2) is 4.79 Å². The van der Waals surface area contributed by atoms with Gasteiger partial charge in [-0.3, -0.25) is 0 Å². The second kappa shape index (κ2) is 4.62. The molecule has 0 heterocycles. The summed E-state index contributed by atoms with van der Waals surface area (Å²) >= 11 is 0. The van der Waals surface area contributed by atoms with Gasteiger partial charge >= 0.3 is 6.09 Å². The Kier molecular flexibility index (Phi) is 4.05. The highest BCUT2D eigenvalue weighted by molar-refractivity contribution is 5.64. The van der Waals surface area contributed by atoms with Gasteiger partial charge in [0, 0.05) is 0 Å². The third-order valence-electron chi connectivity index (χ3n) is 1.06. The zero-order valence-electron chi connectivity index (χ0n) is 5.83. The first-order valence-corrected chi connectivity index (χ1v) is 3.03. The van der Waals surface area contributed by atoms with Gasteiger partial charge in [0.05, 0.1) is 12.5 Å². The van der Waals surface area contributed by atoms with Crippen molar-refractivity contribution in [3.8, 4) is 6.07 Å². The maximum absolute atomic E-state index is 10.1. The van der Waals surface area contributed by atoms with E-state index in [1.54, 1.807) is 0 Å². The largest absolute Gasteiger partial charge is 0.445 e. The molecule has 0 radical (unpaired) electrons. The van der Waals surface area contributed by atoms with E-state index >= 15 is 0 Å². The zero-order valence-corrected chi connectivity index (χ0v) is 5.83. The molecule has 1 unspecified atom stereocenters. The lowest BCUT2D eigenvalue weighted by atomic mass is 10.2. The molecule has 0 fully saturated rings. The summed E-state index contributed by atoms with van der Waals surface area (Å²) in [6.07, 6.45) is -0.333. The van der Waals surface area contributed by atoms with Crippen molar-refractivity contribution in [2.24, 2.45) is 5.73 Å². The summed E-state index contributed by atoms with van der Waals surface area (Å²) in [7, 11) is 0. The number of nitrogens with zero attached hydrogens (tertiary/aromatic N) is 1. The predicted octanol–water partition coefficient (Wildman–Crippen LogP) is 0.774. The van der Waals surface area contributed by atoms with Crippen LogP contribution in [-0.2, 0) is 4.74 Å². The molecular formula is C6H10N2O2. The molecule has 0 aliphatic rings. The molecule has 1 amide bonds. The second-order valence-electron chi connectivity index (χ2n) is 1.83. The van der Waals surface area contributed by atoms with Crippen molar-refractivity contribution in [2.45, 2.75) is 25.9 Å². The van der Waals surface area contributed by atoms with Gasteiger partial charge in [-0.05, 0) is 6.42 Å². The average molecular weight is 142 g/mol. The maximum atomic E-state index is 10.1. The number of amides is 1. The number of ether oxygens (including phenoxy) is 1. The summed E-state index contributed by atoms with van der Waals surface area (Å²) in [5.41, 5.74) is 4.73. The van der Waals surface area contributed by atoms with E-state index in [1.165, 1.54) is 0 Å². The molecule has 4 nitrogen and oxygen atoms in total. The van der Waals surface area contributed by atoms with Crippen LogP contribution in [0.5, 0.6) is 0 Å². The van der Waals surface area contributed by atoms with Gasteiger partial charge in [0.2, 0.25) is 0 Å². The van der Waals surface area contributed by atoms with E-state index in [2.05, 4.69) is 4.74 Å². The van der Waals surface area contributed by atoms with Crippen LogP contribution in [0, 0.1) is 11.3 Å². The first-order chi connectivity index (χ1) is 4.70. The highest BCUT2D eigenvalue weighted by Crippen LogP contribution is 2.01. The Bertz CT molecular complexity index is 150. The Hall–Kier alpha value is -1.24. The molecule has 56 valence electrons. The van der Waals surface area contributed by atoms with E-state index in [9.17, 15) is 4.79 Å². The monoisotopic (exact) mass is 142 g/mol. The standard InChI is InChI=1S/C6H10N2O2/c1-2-5(3-4-7)10-6(8)9/h5H,2-3H2,1H3,(H2,8,9). The van der Waals surface area contributed by atoms with Crippen molar-refractivity contribution in [2.75, 3.05) is 0 Å². The molecule has 0 aromatic carbocycles. The van der Waals surface area contributed by atoms with Crippen molar-refractivity contribution >= 4 is 6.09 Å². The van der Waals surface area contributed by atoms with E-state index in [0.29, 0.717) is 6.42 Å². The lowest BCUT2D eigenvalue weighted by molar-refractivity contribution is 0.106. The van der Waals surface area contributed by atoms with E-state index in [-0.39, 0.29) is 12.5 Å². The molecule has 0 saturated heterocycles. The summed E-state index contributed by atoms with van der Waals surface area (Å²) in [5, 5.41) is 8.20. The highest BCUT2D eigenvalue weighted by Gasteiger charge is 2.07. The molecule has 0 rings (SSSR count). The van der Waals surface area contributed by atoms with E-state index in [4.69, 9.17) is 11.0 Å². The van der Waals surface area contributed by atoms with Gasteiger partial charge in [0.25, 0.3) is 0 Å². The van der Waals surface area contributed by atoms with Crippen molar-refractivity contribution in [3.63, 3.8) is 0 Å². The smallest absolute Gasteiger partial charge is 0.404 e. The van der Waals surface area contributed by atoms with Crippen molar-refractivity contribution in [3.05, 3.63) is 0 Å². The van der Waals surface area contributed by atoms with Crippen LogP contribution in [0.25, 0.3) is 0 Å². The summed E-state index contributed by atoms with van der Waals surface area (Å²) in [5.74, 6) is 0. The third-order valence-corrected chi connectivity index (χ3v) is 1.06. The minimum atomic E-state index is -0.817. The van der Waals surface area contributed by atoms with Crippen molar-refractivity contribution < 1.29 is 9.53 Å². The molecule has 0 aromatic rings. The number of hydrogen-bond acceptors (Lipinski definition) is 3. The van der Waals surface area contributed by atoms with Crippen LogP contribution in [0.2, 0.25) is 0 Å². The van der Waals surface area contributed by atoms with Crippen LogP contribution < -0.4 is 5.73 Å². The Labute approximate surface area is 59.6 Å². The van der Waals surface area contributed by atoms with Crippen LogP contribution in [0.1, 0.15) is 19.8 Å². The number of rotatable bonds is 3. The Morgan fingerprint density at radius 3 is 2.80 bits per heavy atom. The van der Waals surface area contributed by atoms with Gasteiger partial charge in [0.1, 0.15) is 6.10 Å². The number of primary amides is 1. The Morgan fingerprint density at radius 2 is 2.50 bits per heavy atom. The fraction of sp³-hybridized carbons (Fsp3) is 0.667. The van der Waals surface area contributed by atoms with Gasteiger partial charge in [-0.2, -0.15) is 5.26 Å². The molecule has 4 heteroatoms. The molecule has 0 saturated carbocycles. The van der Waals surface area contributed by atoms with Crippen LogP contribution in [-0.4, -0.2) is 12.2 Å². The number of hydrogen-bond donors (Lipinski definition) is 1. The average Bonchev–Trinajstić information content (AvgIpc) is 1.86. The second-order valence-corrected chi connectivity index (χ2v) is 1.83. The van der Waals surface area contributed by atoms with Gasteiger partial charge in [-0.1, -0.05) is 6.92 Å². The highest BCUT2D eigenvalue weighted by atomic mass is 16.6. The molecule has 0 spiro atoms. The van der Waals surface area contributed by atoms with Crippen LogP contribution in [0.15, 0.2) is 0 Å². The minimum absolute atomic E-state index is 0.208. The molecular weight excluding hydrogens is 132 g/mol. The predicted molar refractivity (Wildman–Crippen MR) is 35.0 cm³/mol. The Morgan fingerprint density at radius 1 is 1.90 bits per heavy atom.